The highest BCUT2D eigenvalue weighted by Gasteiger charge is 2.09. The Morgan fingerprint density at radius 1 is 1.44 bits per heavy atom. The quantitative estimate of drug-likeness (QED) is 0.728. The monoisotopic (exact) mass is 253 g/mol. The van der Waals surface area contributed by atoms with E-state index >= 15 is 0 Å². The third kappa shape index (κ3) is 6.39. The Balaban J connectivity index is 2.28. The van der Waals surface area contributed by atoms with E-state index in [-0.39, 0.29) is 6.42 Å². The van der Waals surface area contributed by atoms with E-state index in [2.05, 4.69) is 23.7 Å². The van der Waals surface area contributed by atoms with Gasteiger partial charge in [0.2, 0.25) is 0 Å². The Morgan fingerprint density at radius 2 is 2.22 bits per heavy atom. The number of aliphatic carboxylic acids is 1. The molecule has 0 saturated carbocycles. The molecule has 1 rings (SSSR count). The first kappa shape index (κ1) is 14.7. The van der Waals surface area contributed by atoms with Crippen LogP contribution in [0.5, 0.6) is 0 Å². The second-order valence-corrected chi connectivity index (χ2v) is 4.99. The van der Waals surface area contributed by atoms with Crippen molar-refractivity contribution in [1.29, 1.82) is 0 Å². The van der Waals surface area contributed by atoms with Crippen molar-refractivity contribution >= 4 is 5.97 Å². The zero-order chi connectivity index (χ0) is 13.4. The Labute approximate surface area is 108 Å². The molecule has 1 N–H and O–H groups in total. The molecule has 102 valence electrons. The lowest BCUT2D eigenvalue weighted by molar-refractivity contribution is -0.137. The highest BCUT2D eigenvalue weighted by atomic mass is 16.4. The zero-order valence-corrected chi connectivity index (χ0v) is 11.2. The van der Waals surface area contributed by atoms with Gasteiger partial charge in [0.25, 0.3) is 0 Å². The first-order chi connectivity index (χ1) is 8.58. The molecule has 0 unspecified atom stereocenters. The lowest BCUT2D eigenvalue weighted by Gasteiger charge is -2.23. The van der Waals surface area contributed by atoms with Crippen LogP contribution in [-0.2, 0) is 11.3 Å². The normalized spacial score (nSPS) is 11.3. The molecule has 1 aromatic heterocycles. The van der Waals surface area contributed by atoms with Gasteiger partial charge in [-0.05, 0) is 18.9 Å². The summed E-state index contributed by atoms with van der Waals surface area (Å²) in [5.41, 5.74) is 0. The minimum absolute atomic E-state index is 0.220. The van der Waals surface area contributed by atoms with Crippen LogP contribution in [0.3, 0.4) is 0 Å². The highest BCUT2D eigenvalue weighted by Crippen LogP contribution is 2.02. The molecule has 18 heavy (non-hydrogen) atoms. The molecule has 0 radical (unpaired) electrons. The maximum Gasteiger partial charge on any atom is 0.304 e. The Morgan fingerprint density at radius 3 is 2.78 bits per heavy atom. The molecule has 1 aromatic rings. The van der Waals surface area contributed by atoms with E-state index < -0.39 is 5.97 Å². The number of rotatable bonds is 9. The van der Waals surface area contributed by atoms with Gasteiger partial charge in [-0.1, -0.05) is 13.8 Å². The summed E-state index contributed by atoms with van der Waals surface area (Å²) in [4.78, 5) is 16.8. The summed E-state index contributed by atoms with van der Waals surface area (Å²) in [6.45, 7) is 7.77. The van der Waals surface area contributed by atoms with E-state index in [4.69, 9.17) is 5.11 Å². The molecule has 0 aliphatic carbocycles. The molecule has 1 heterocycles. The summed E-state index contributed by atoms with van der Waals surface area (Å²) < 4.78 is 2.05. The number of nitrogens with zero attached hydrogens (tertiary/aromatic N) is 3. The van der Waals surface area contributed by atoms with Crippen LogP contribution in [0.2, 0.25) is 0 Å². The van der Waals surface area contributed by atoms with E-state index in [1.54, 1.807) is 6.20 Å². The van der Waals surface area contributed by atoms with Gasteiger partial charge in [-0.25, -0.2) is 4.98 Å². The number of imidazole rings is 1. The smallest absolute Gasteiger partial charge is 0.304 e. The van der Waals surface area contributed by atoms with Gasteiger partial charge in [-0.2, -0.15) is 0 Å². The topological polar surface area (TPSA) is 58.4 Å². The van der Waals surface area contributed by atoms with Crippen LogP contribution in [0.1, 0.15) is 26.7 Å². The van der Waals surface area contributed by atoms with Gasteiger partial charge in [0, 0.05) is 32.0 Å². The summed E-state index contributed by atoms with van der Waals surface area (Å²) in [6, 6.07) is 0. The summed E-state index contributed by atoms with van der Waals surface area (Å²) in [5.74, 6) is -0.162. The predicted octanol–water partition coefficient (Wildman–Crippen LogP) is 1.71. The van der Waals surface area contributed by atoms with Crippen molar-refractivity contribution in [2.75, 3.05) is 19.6 Å². The van der Waals surface area contributed by atoms with Crippen LogP contribution < -0.4 is 0 Å². The van der Waals surface area contributed by atoms with Crippen LogP contribution in [0.15, 0.2) is 18.7 Å². The van der Waals surface area contributed by atoms with Crippen LogP contribution in [-0.4, -0.2) is 45.2 Å². The number of aryl methyl sites for hydroxylation is 1. The fourth-order valence-electron chi connectivity index (χ4n) is 1.96. The average Bonchev–Trinajstić information content (AvgIpc) is 2.77. The summed E-state index contributed by atoms with van der Waals surface area (Å²) in [6.07, 6.45) is 6.77. The molecular formula is C13H23N3O2. The first-order valence-corrected chi connectivity index (χ1v) is 6.48. The highest BCUT2D eigenvalue weighted by molar-refractivity contribution is 5.66. The van der Waals surface area contributed by atoms with Gasteiger partial charge >= 0.3 is 5.97 Å². The third-order valence-corrected chi connectivity index (χ3v) is 2.72. The van der Waals surface area contributed by atoms with Gasteiger partial charge in [-0.15, -0.1) is 0 Å². The molecule has 0 aliphatic rings. The summed E-state index contributed by atoms with van der Waals surface area (Å²) in [7, 11) is 0. The van der Waals surface area contributed by atoms with Gasteiger partial charge in [0.1, 0.15) is 0 Å². The average molecular weight is 253 g/mol. The van der Waals surface area contributed by atoms with Gasteiger partial charge in [0.15, 0.2) is 0 Å². The zero-order valence-electron chi connectivity index (χ0n) is 11.2. The maximum atomic E-state index is 10.6. The van der Waals surface area contributed by atoms with E-state index in [0.29, 0.717) is 12.5 Å². The van der Waals surface area contributed by atoms with Gasteiger partial charge in [0.05, 0.1) is 12.7 Å². The minimum atomic E-state index is -0.724. The Hall–Kier alpha value is -1.36. The number of carbonyl (C=O) groups is 1. The number of carboxylic acids is 1. The van der Waals surface area contributed by atoms with Crippen LogP contribution in [0.4, 0.5) is 0 Å². The molecule has 0 amide bonds. The molecule has 0 aromatic carbocycles. The summed E-state index contributed by atoms with van der Waals surface area (Å²) >= 11 is 0. The maximum absolute atomic E-state index is 10.6. The second-order valence-electron chi connectivity index (χ2n) is 4.99. The van der Waals surface area contributed by atoms with Gasteiger partial charge < -0.3 is 14.6 Å². The predicted molar refractivity (Wildman–Crippen MR) is 70.4 cm³/mol. The molecule has 0 saturated heterocycles. The van der Waals surface area contributed by atoms with Crippen molar-refractivity contribution in [2.24, 2.45) is 5.92 Å². The van der Waals surface area contributed by atoms with E-state index in [1.165, 1.54) is 0 Å². The molecule has 5 nitrogen and oxygen atoms in total. The molecule has 0 spiro atoms. The fraction of sp³-hybridized carbons (Fsp3) is 0.692. The molecule has 0 fully saturated rings. The second kappa shape index (κ2) is 7.87. The number of aromatic nitrogens is 2. The largest absolute Gasteiger partial charge is 0.481 e. The van der Waals surface area contributed by atoms with Crippen molar-refractivity contribution in [3.05, 3.63) is 18.7 Å². The number of carboxylic acid groups (broad SMARTS) is 1. The fourth-order valence-corrected chi connectivity index (χ4v) is 1.96. The lowest BCUT2D eigenvalue weighted by atomic mass is 10.2. The van der Waals surface area contributed by atoms with Crippen LogP contribution in [0, 0.1) is 5.92 Å². The van der Waals surface area contributed by atoms with Crippen molar-refractivity contribution < 1.29 is 9.90 Å². The molecule has 0 aliphatic heterocycles. The number of hydrogen-bond donors (Lipinski definition) is 1. The van der Waals surface area contributed by atoms with E-state index in [1.807, 2.05) is 17.1 Å². The summed E-state index contributed by atoms with van der Waals surface area (Å²) in [5, 5.41) is 8.73. The van der Waals surface area contributed by atoms with E-state index in [0.717, 1.165) is 26.1 Å². The van der Waals surface area contributed by atoms with Crippen molar-refractivity contribution in [3.8, 4) is 0 Å². The molecule has 0 bridgehead atoms. The molecular weight excluding hydrogens is 230 g/mol. The molecule has 0 atom stereocenters. The standard InChI is InChI=1S/C13H23N3O2/c1-12(2)10-15(8-4-13(17)18)6-3-7-16-9-5-14-11-16/h5,9,11-12H,3-4,6-8,10H2,1-2H3,(H,17,18). The SMILES string of the molecule is CC(C)CN(CCCn1ccnc1)CCC(=O)O. The lowest BCUT2D eigenvalue weighted by Crippen LogP contribution is -2.31. The Bertz CT molecular complexity index is 336. The Kier molecular flexibility index (Phi) is 6.43. The number of hydrogen-bond acceptors (Lipinski definition) is 3. The van der Waals surface area contributed by atoms with Crippen molar-refractivity contribution in [1.82, 2.24) is 14.5 Å². The molecule has 5 heteroatoms. The first-order valence-electron chi connectivity index (χ1n) is 6.48. The third-order valence-electron chi connectivity index (χ3n) is 2.72. The van der Waals surface area contributed by atoms with Crippen LogP contribution >= 0.6 is 0 Å². The van der Waals surface area contributed by atoms with Crippen LogP contribution in [0.25, 0.3) is 0 Å². The van der Waals surface area contributed by atoms with Gasteiger partial charge in [-0.3, -0.25) is 4.79 Å². The van der Waals surface area contributed by atoms with Crippen molar-refractivity contribution in [3.63, 3.8) is 0 Å². The van der Waals surface area contributed by atoms with Crippen molar-refractivity contribution in [2.45, 2.75) is 33.2 Å². The minimum Gasteiger partial charge on any atom is -0.481 e. The van der Waals surface area contributed by atoms with E-state index in [9.17, 15) is 4.79 Å².